The summed E-state index contributed by atoms with van der Waals surface area (Å²) in [6.45, 7) is 3.22. The molecule has 0 aromatic heterocycles. The number of esters is 1. The van der Waals surface area contributed by atoms with E-state index in [2.05, 4.69) is 5.32 Å². The van der Waals surface area contributed by atoms with Gasteiger partial charge >= 0.3 is 5.97 Å². The summed E-state index contributed by atoms with van der Waals surface area (Å²) in [6.07, 6.45) is 1.50. The average molecular weight is 419 g/mol. The number of methoxy groups -OCH3 is 1. The van der Waals surface area contributed by atoms with Crippen LogP contribution >= 0.6 is 11.6 Å². The Labute approximate surface area is 172 Å². The monoisotopic (exact) mass is 418 g/mol. The quantitative estimate of drug-likeness (QED) is 0.313. The molecule has 2 aromatic rings. The molecule has 0 spiro atoms. The molecule has 29 heavy (non-hydrogen) atoms. The fourth-order valence-corrected chi connectivity index (χ4v) is 2.46. The van der Waals surface area contributed by atoms with Crippen molar-refractivity contribution in [1.82, 2.24) is 0 Å². The van der Waals surface area contributed by atoms with Gasteiger partial charge in [-0.2, -0.15) is 0 Å². The number of hydrogen-bond acceptors (Lipinski definition) is 6. The van der Waals surface area contributed by atoms with E-state index in [0.717, 1.165) is 5.56 Å². The lowest BCUT2D eigenvalue weighted by atomic mass is 10.1. The fraction of sp³-hybridized carbons (Fsp3) is 0.200. The Morgan fingerprint density at radius 2 is 1.97 bits per heavy atom. The van der Waals surface area contributed by atoms with Crippen LogP contribution in [0.3, 0.4) is 0 Å². The number of nitro groups is 1. The van der Waals surface area contributed by atoms with E-state index in [1.807, 2.05) is 13.0 Å². The number of amides is 1. The molecule has 0 aliphatic carbocycles. The van der Waals surface area contributed by atoms with Crippen LogP contribution in [-0.4, -0.2) is 30.0 Å². The number of anilines is 1. The van der Waals surface area contributed by atoms with Crippen LogP contribution in [0.25, 0.3) is 6.08 Å². The molecular weight excluding hydrogens is 400 g/mol. The molecule has 8 nitrogen and oxygen atoms in total. The summed E-state index contributed by atoms with van der Waals surface area (Å²) in [4.78, 5) is 34.7. The lowest BCUT2D eigenvalue weighted by Crippen LogP contribution is -2.29. The van der Waals surface area contributed by atoms with Gasteiger partial charge < -0.3 is 14.8 Å². The summed E-state index contributed by atoms with van der Waals surface area (Å²) in [7, 11) is 1.37. The van der Waals surface area contributed by atoms with Crippen molar-refractivity contribution in [2.75, 3.05) is 12.4 Å². The molecule has 9 heteroatoms. The number of rotatable bonds is 7. The highest BCUT2D eigenvalue weighted by Gasteiger charge is 2.22. The maximum absolute atomic E-state index is 12.2. The Hall–Kier alpha value is -3.39. The van der Waals surface area contributed by atoms with E-state index in [-0.39, 0.29) is 17.1 Å². The molecule has 0 unspecified atom stereocenters. The van der Waals surface area contributed by atoms with Gasteiger partial charge in [-0.15, -0.1) is 0 Å². The van der Waals surface area contributed by atoms with Crippen LogP contribution in [-0.2, 0) is 14.3 Å². The van der Waals surface area contributed by atoms with Crippen molar-refractivity contribution in [1.29, 1.82) is 0 Å². The van der Waals surface area contributed by atoms with Gasteiger partial charge in [-0.05, 0) is 49.2 Å². The number of benzene rings is 2. The molecule has 0 heterocycles. The van der Waals surface area contributed by atoms with Gasteiger partial charge in [0.05, 0.1) is 18.1 Å². The largest absolute Gasteiger partial charge is 0.496 e. The van der Waals surface area contributed by atoms with Crippen molar-refractivity contribution in [3.63, 3.8) is 0 Å². The third-order valence-corrected chi connectivity index (χ3v) is 4.34. The first-order valence-electron chi connectivity index (χ1n) is 8.49. The van der Waals surface area contributed by atoms with Crippen LogP contribution in [0, 0.1) is 17.0 Å². The van der Waals surface area contributed by atoms with Crippen molar-refractivity contribution in [2.24, 2.45) is 0 Å². The Kier molecular flexibility index (Phi) is 7.33. The predicted molar refractivity (Wildman–Crippen MR) is 109 cm³/mol. The summed E-state index contributed by atoms with van der Waals surface area (Å²) in [5.41, 5.74) is 1.23. The van der Waals surface area contributed by atoms with Crippen molar-refractivity contribution in [3.05, 3.63) is 68.7 Å². The third kappa shape index (κ3) is 6.05. The van der Waals surface area contributed by atoms with Gasteiger partial charge in [0, 0.05) is 11.1 Å². The van der Waals surface area contributed by atoms with Crippen LogP contribution in [0.1, 0.15) is 18.1 Å². The molecule has 0 radical (unpaired) electrons. The summed E-state index contributed by atoms with van der Waals surface area (Å²) in [5.74, 6) is -1.18. The molecule has 2 aromatic carbocycles. The fourth-order valence-electron chi connectivity index (χ4n) is 2.27. The zero-order valence-electron chi connectivity index (χ0n) is 16.0. The maximum atomic E-state index is 12.2. The van der Waals surface area contributed by atoms with Crippen LogP contribution in [0.5, 0.6) is 5.75 Å². The second-order valence-corrected chi connectivity index (χ2v) is 6.46. The van der Waals surface area contributed by atoms with Gasteiger partial charge in [-0.1, -0.05) is 23.7 Å². The lowest BCUT2D eigenvalue weighted by Gasteiger charge is -2.13. The third-order valence-electron chi connectivity index (χ3n) is 3.93. The van der Waals surface area contributed by atoms with Crippen LogP contribution in [0.15, 0.2) is 42.5 Å². The Morgan fingerprint density at radius 1 is 1.24 bits per heavy atom. The zero-order chi connectivity index (χ0) is 21.6. The summed E-state index contributed by atoms with van der Waals surface area (Å²) in [6, 6.07) is 9.27. The topological polar surface area (TPSA) is 108 Å². The average Bonchev–Trinajstić information content (AvgIpc) is 2.68. The van der Waals surface area contributed by atoms with Gasteiger partial charge in [-0.3, -0.25) is 14.9 Å². The molecule has 0 aliphatic rings. The number of carbonyl (C=O) groups is 2. The number of hydrogen-bond donors (Lipinski definition) is 1. The first-order valence-corrected chi connectivity index (χ1v) is 8.87. The molecule has 0 fully saturated rings. The molecule has 1 atom stereocenters. The van der Waals surface area contributed by atoms with Crippen LogP contribution in [0.2, 0.25) is 5.02 Å². The number of nitro benzene ring substituents is 1. The number of nitrogens with zero attached hydrogens (tertiary/aromatic N) is 1. The van der Waals surface area contributed by atoms with Crippen molar-refractivity contribution >= 4 is 40.9 Å². The van der Waals surface area contributed by atoms with Gasteiger partial charge in [0.15, 0.2) is 6.10 Å². The highest BCUT2D eigenvalue weighted by atomic mass is 35.5. The van der Waals surface area contributed by atoms with Crippen LogP contribution in [0.4, 0.5) is 11.4 Å². The molecule has 2 rings (SSSR count). The summed E-state index contributed by atoms with van der Waals surface area (Å²) < 4.78 is 9.98. The molecule has 1 N–H and O–H groups in total. The SMILES string of the molecule is COc1ccc(NC(=O)[C@@H](C)OC(=O)/C=C/c2ccc(C)c(Cl)c2)c([N+](=O)[O-])c1. The van der Waals surface area contributed by atoms with Crippen molar-refractivity contribution in [3.8, 4) is 5.75 Å². The molecular formula is C20H19ClN2O6. The minimum Gasteiger partial charge on any atom is -0.496 e. The van der Waals surface area contributed by atoms with E-state index < -0.39 is 22.9 Å². The number of nitrogens with one attached hydrogen (secondary N) is 1. The van der Waals surface area contributed by atoms with Gasteiger partial charge in [0.25, 0.3) is 11.6 Å². The summed E-state index contributed by atoms with van der Waals surface area (Å²) >= 11 is 6.03. The van der Waals surface area contributed by atoms with E-state index >= 15 is 0 Å². The Bertz CT molecular complexity index is 973. The number of carbonyl (C=O) groups excluding carboxylic acids is 2. The second-order valence-electron chi connectivity index (χ2n) is 6.05. The minimum absolute atomic E-state index is 0.0338. The normalized spacial score (nSPS) is 11.7. The standard InChI is InChI=1S/C20H19ClN2O6/c1-12-4-5-14(10-16(12)21)6-9-19(24)29-13(2)20(25)22-17-8-7-15(28-3)11-18(17)23(26)27/h4-11,13H,1-3H3,(H,22,25)/b9-6+/t13-/m1/s1. The smallest absolute Gasteiger partial charge is 0.331 e. The highest BCUT2D eigenvalue weighted by Crippen LogP contribution is 2.29. The minimum atomic E-state index is -1.17. The van der Waals surface area contributed by atoms with Gasteiger partial charge in [-0.25, -0.2) is 4.79 Å². The first-order chi connectivity index (χ1) is 13.7. The Balaban J connectivity index is 2.01. The first kappa shape index (κ1) is 21.9. The van der Waals surface area contributed by atoms with Gasteiger partial charge in [0.2, 0.25) is 0 Å². The highest BCUT2D eigenvalue weighted by molar-refractivity contribution is 6.31. The molecule has 152 valence electrons. The molecule has 0 saturated carbocycles. The Morgan fingerprint density at radius 3 is 2.59 bits per heavy atom. The molecule has 0 aliphatic heterocycles. The molecule has 1 amide bonds. The predicted octanol–water partition coefficient (Wildman–Crippen LogP) is 4.15. The van der Waals surface area contributed by atoms with E-state index in [0.29, 0.717) is 10.6 Å². The van der Waals surface area contributed by atoms with Crippen molar-refractivity contribution < 1.29 is 24.0 Å². The molecule has 0 saturated heterocycles. The van der Waals surface area contributed by atoms with Gasteiger partial charge in [0.1, 0.15) is 11.4 Å². The van der Waals surface area contributed by atoms with E-state index in [1.54, 1.807) is 12.1 Å². The van der Waals surface area contributed by atoms with Crippen LogP contribution < -0.4 is 10.1 Å². The lowest BCUT2D eigenvalue weighted by molar-refractivity contribution is -0.384. The van der Waals surface area contributed by atoms with E-state index in [9.17, 15) is 19.7 Å². The van der Waals surface area contributed by atoms with E-state index in [4.69, 9.17) is 21.1 Å². The summed E-state index contributed by atoms with van der Waals surface area (Å²) in [5, 5.41) is 14.1. The second kappa shape index (κ2) is 9.70. The number of aryl methyl sites for hydroxylation is 1. The van der Waals surface area contributed by atoms with Crippen molar-refractivity contribution in [2.45, 2.75) is 20.0 Å². The number of ether oxygens (including phenoxy) is 2. The number of halogens is 1. The maximum Gasteiger partial charge on any atom is 0.331 e. The zero-order valence-corrected chi connectivity index (χ0v) is 16.7. The van der Waals surface area contributed by atoms with E-state index in [1.165, 1.54) is 44.4 Å². The molecule has 0 bridgehead atoms.